The molecule has 1 saturated heterocycles. The number of aryl methyl sites for hydroxylation is 1. The Hall–Kier alpha value is -4.28. The third-order valence-corrected chi connectivity index (χ3v) is 7.71. The number of hydrogen-bond acceptors (Lipinski definition) is 8. The molecule has 0 unspecified atom stereocenters. The molecular formula is C28H27ClN10. The Labute approximate surface area is 229 Å². The quantitative estimate of drug-likeness (QED) is 0.314. The maximum absolute atomic E-state index is 6.70. The Bertz CT molecular complexity index is 1820. The van der Waals surface area contributed by atoms with E-state index in [2.05, 4.69) is 71.5 Å². The number of nitrogens with one attached hydrogen (secondary N) is 2. The molecule has 0 spiro atoms. The molecule has 6 aromatic rings. The van der Waals surface area contributed by atoms with Crippen molar-refractivity contribution in [2.75, 3.05) is 42.9 Å². The van der Waals surface area contributed by atoms with E-state index in [4.69, 9.17) is 16.6 Å². The lowest BCUT2D eigenvalue weighted by molar-refractivity contribution is 0.271. The second-order valence-electron chi connectivity index (χ2n) is 9.82. The van der Waals surface area contributed by atoms with E-state index in [0.29, 0.717) is 22.3 Å². The van der Waals surface area contributed by atoms with Gasteiger partial charge in [0.2, 0.25) is 5.95 Å². The van der Waals surface area contributed by atoms with E-state index in [-0.39, 0.29) is 0 Å². The molecule has 2 aromatic carbocycles. The third-order valence-electron chi connectivity index (χ3n) is 7.40. The average Bonchev–Trinajstić information content (AvgIpc) is 3.59. The molecule has 0 atom stereocenters. The maximum atomic E-state index is 6.70. The fourth-order valence-corrected chi connectivity index (χ4v) is 5.56. The van der Waals surface area contributed by atoms with E-state index in [0.717, 1.165) is 71.8 Å². The van der Waals surface area contributed by atoms with Crippen LogP contribution in [0.5, 0.6) is 0 Å². The first-order valence-corrected chi connectivity index (χ1v) is 13.4. The summed E-state index contributed by atoms with van der Waals surface area (Å²) in [6, 6.07) is 14.3. The van der Waals surface area contributed by atoms with Crippen molar-refractivity contribution in [2.45, 2.75) is 13.8 Å². The number of anilines is 3. The molecule has 2 N–H and O–H groups in total. The molecule has 0 amide bonds. The Morgan fingerprint density at radius 3 is 2.59 bits per heavy atom. The first kappa shape index (κ1) is 23.8. The van der Waals surface area contributed by atoms with Crippen molar-refractivity contribution in [3.8, 4) is 11.1 Å². The summed E-state index contributed by atoms with van der Waals surface area (Å²) in [5, 5.41) is 13.3. The summed E-state index contributed by atoms with van der Waals surface area (Å²) in [4.78, 5) is 22.1. The fraction of sp³-hybridized carbons (Fsp3) is 0.250. The Kier molecular flexibility index (Phi) is 5.79. The van der Waals surface area contributed by atoms with Crippen molar-refractivity contribution in [1.29, 1.82) is 0 Å². The van der Waals surface area contributed by atoms with Crippen LogP contribution in [0.3, 0.4) is 0 Å². The van der Waals surface area contributed by atoms with Crippen LogP contribution in [-0.4, -0.2) is 72.2 Å². The van der Waals surface area contributed by atoms with E-state index in [1.165, 1.54) is 5.69 Å². The molecule has 196 valence electrons. The number of aromatic amines is 1. The zero-order chi connectivity index (χ0) is 26.5. The molecule has 0 bridgehead atoms. The van der Waals surface area contributed by atoms with Gasteiger partial charge in [-0.25, -0.2) is 9.97 Å². The molecule has 0 radical (unpaired) electrons. The van der Waals surface area contributed by atoms with Gasteiger partial charge in [0.1, 0.15) is 12.2 Å². The molecule has 1 aliphatic rings. The minimum atomic E-state index is 0.502. The minimum Gasteiger partial charge on any atom is -0.369 e. The molecular weight excluding hydrogens is 512 g/mol. The van der Waals surface area contributed by atoms with Gasteiger partial charge in [-0.2, -0.15) is 4.98 Å². The highest BCUT2D eigenvalue weighted by atomic mass is 35.5. The van der Waals surface area contributed by atoms with Crippen molar-refractivity contribution in [1.82, 2.24) is 39.4 Å². The van der Waals surface area contributed by atoms with Crippen LogP contribution in [0, 0.1) is 6.92 Å². The van der Waals surface area contributed by atoms with Gasteiger partial charge in [-0.3, -0.25) is 4.40 Å². The molecule has 5 heterocycles. The molecule has 4 aromatic heterocycles. The number of benzene rings is 2. The molecule has 0 aliphatic carbocycles. The maximum Gasteiger partial charge on any atom is 0.229 e. The number of nitrogens with zero attached hydrogens (tertiary/aromatic N) is 8. The Morgan fingerprint density at radius 2 is 1.79 bits per heavy atom. The fourth-order valence-electron chi connectivity index (χ4n) is 5.30. The first-order chi connectivity index (χ1) is 19.1. The third kappa shape index (κ3) is 4.31. The highest BCUT2D eigenvalue weighted by Gasteiger charge is 2.18. The topological polar surface area (TPSA) is 103 Å². The molecule has 0 saturated carbocycles. The van der Waals surface area contributed by atoms with Gasteiger partial charge >= 0.3 is 0 Å². The van der Waals surface area contributed by atoms with Crippen LogP contribution in [0.15, 0.2) is 55.0 Å². The van der Waals surface area contributed by atoms with Gasteiger partial charge in [-0.15, -0.1) is 10.2 Å². The summed E-state index contributed by atoms with van der Waals surface area (Å²) in [5.41, 5.74) is 6.95. The number of aromatic nitrogens is 7. The predicted molar refractivity (Wildman–Crippen MR) is 155 cm³/mol. The standard InChI is InChI=1S/C28H27ClN10/c1-3-37-8-10-38(11-9-37)20-6-4-19(5-7-20)34-28-30-15-18-12-22(27-36-31-16-39(27)26(18)35-28)21-13-24-25(14-23(21)29)33-17(2)32-24/h4-7,12-16H,3,8-11H2,1-2H3,(H,32,33)(H,30,34,35). The number of piperazine rings is 1. The molecule has 1 aliphatic heterocycles. The number of rotatable bonds is 5. The molecule has 7 rings (SSSR count). The van der Waals surface area contributed by atoms with E-state index >= 15 is 0 Å². The van der Waals surface area contributed by atoms with Gasteiger partial charge in [0.15, 0.2) is 11.3 Å². The van der Waals surface area contributed by atoms with Crippen LogP contribution in [0.25, 0.3) is 38.8 Å². The van der Waals surface area contributed by atoms with Crippen LogP contribution in [0.1, 0.15) is 12.7 Å². The number of hydrogen-bond donors (Lipinski definition) is 2. The number of halogens is 1. The smallest absolute Gasteiger partial charge is 0.229 e. The second kappa shape index (κ2) is 9.48. The molecule has 39 heavy (non-hydrogen) atoms. The van der Waals surface area contributed by atoms with E-state index in [1.807, 2.05) is 35.7 Å². The number of likely N-dealkylation sites (N-methyl/N-ethyl adjacent to an activating group) is 1. The van der Waals surface area contributed by atoms with Crippen molar-refractivity contribution >= 4 is 56.6 Å². The normalized spacial score (nSPS) is 14.6. The van der Waals surface area contributed by atoms with Crippen molar-refractivity contribution in [3.63, 3.8) is 0 Å². The molecule has 10 nitrogen and oxygen atoms in total. The van der Waals surface area contributed by atoms with E-state index < -0.39 is 0 Å². The lowest BCUT2D eigenvalue weighted by Gasteiger charge is -2.35. The SMILES string of the molecule is CCN1CCN(c2ccc(Nc3ncc4cc(-c5cc6[nH]c(C)nc6cc5Cl)c5nncn5c4n3)cc2)CC1. The predicted octanol–water partition coefficient (Wildman–Crippen LogP) is 5.06. The van der Waals surface area contributed by atoms with Crippen LogP contribution < -0.4 is 10.2 Å². The number of pyridine rings is 1. The van der Waals surface area contributed by atoms with E-state index in [1.54, 1.807) is 6.33 Å². The van der Waals surface area contributed by atoms with Gasteiger partial charge in [0, 0.05) is 60.3 Å². The number of fused-ring (bicyclic) bond motifs is 4. The van der Waals surface area contributed by atoms with Crippen LogP contribution >= 0.6 is 11.6 Å². The largest absolute Gasteiger partial charge is 0.369 e. The molecule has 11 heteroatoms. The highest BCUT2D eigenvalue weighted by molar-refractivity contribution is 6.34. The summed E-state index contributed by atoms with van der Waals surface area (Å²) >= 11 is 6.70. The average molecular weight is 539 g/mol. The van der Waals surface area contributed by atoms with Crippen LogP contribution in [0.2, 0.25) is 5.02 Å². The lowest BCUT2D eigenvalue weighted by atomic mass is 10.0. The minimum absolute atomic E-state index is 0.502. The van der Waals surface area contributed by atoms with Gasteiger partial charge in [-0.1, -0.05) is 18.5 Å². The van der Waals surface area contributed by atoms with Crippen LogP contribution in [-0.2, 0) is 0 Å². The Morgan fingerprint density at radius 1 is 0.974 bits per heavy atom. The summed E-state index contributed by atoms with van der Waals surface area (Å²) in [6.07, 6.45) is 3.47. The van der Waals surface area contributed by atoms with E-state index in [9.17, 15) is 0 Å². The summed E-state index contributed by atoms with van der Waals surface area (Å²) in [5.74, 6) is 1.34. The van der Waals surface area contributed by atoms with Crippen molar-refractivity contribution < 1.29 is 0 Å². The number of H-pyrrole nitrogens is 1. The van der Waals surface area contributed by atoms with Gasteiger partial charge in [0.25, 0.3) is 0 Å². The summed E-state index contributed by atoms with van der Waals surface area (Å²) < 4.78 is 1.87. The van der Waals surface area contributed by atoms with Crippen molar-refractivity contribution in [3.05, 3.63) is 65.8 Å². The zero-order valence-electron chi connectivity index (χ0n) is 21.7. The first-order valence-electron chi connectivity index (χ1n) is 13.1. The van der Waals surface area contributed by atoms with Gasteiger partial charge in [-0.05, 0) is 55.9 Å². The monoisotopic (exact) mass is 538 g/mol. The summed E-state index contributed by atoms with van der Waals surface area (Å²) in [7, 11) is 0. The Balaban J connectivity index is 1.19. The number of imidazole rings is 1. The summed E-state index contributed by atoms with van der Waals surface area (Å²) in [6.45, 7) is 9.55. The second-order valence-corrected chi connectivity index (χ2v) is 10.2. The highest BCUT2D eigenvalue weighted by Crippen LogP contribution is 2.35. The lowest BCUT2D eigenvalue weighted by Crippen LogP contribution is -2.46. The zero-order valence-corrected chi connectivity index (χ0v) is 22.4. The van der Waals surface area contributed by atoms with Crippen LogP contribution in [0.4, 0.5) is 17.3 Å². The van der Waals surface area contributed by atoms with Gasteiger partial charge in [0.05, 0.1) is 16.1 Å². The van der Waals surface area contributed by atoms with Crippen molar-refractivity contribution in [2.24, 2.45) is 0 Å². The van der Waals surface area contributed by atoms with Gasteiger partial charge < -0.3 is 20.1 Å². The molecule has 1 fully saturated rings.